The topological polar surface area (TPSA) is 30.0 Å². The summed E-state index contributed by atoms with van der Waals surface area (Å²) in [5.41, 5.74) is 2.20. The summed E-state index contributed by atoms with van der Waals surface area (Å²) in [6.07, 6.45) is 2.30. The quantitative estimate of drug-likeness (QED) is 0.723. The Hall–Kier alpha value is -1.67. The number of aromatic nitrogens is 1. The fourth-order valence-corrected chi connectivity index (χ4v) is 1.54. The number of halogens is 1. The van der Waals surface area contributed by atoms with Gasteiger partial charge in [-0.15, -0.1) is 0 Å². The Balaban J connectivity index is 2.46. The number of nitrogens with zero attached hydrogens (tertiary/aromatic N) is 1. The van der Waals surface area contributed by atoms with Crippen molar-refractivity contribution < 1.29 is 4.79 Å². The second-order valence-corrected chi connectivity index (χ2v) is 3.48. The maximum atomic E-state index is 10.5. The van der Waals surface area contributed by atoms with E-state index in [1.807, 2.05) is 24.3 Å². The smallest absolute Gasteiger partial charge is 0.151 e. The monoisotopic (exact) mass is 217 g/mol. The van der Waals surface area contributed by atoms with Crippen molar-refractivity contribution in [3.05, 3.63) is 53.2 Å². The van der Waals surface area contributed by atoms with Crippen molar-refractivity contribution in [3.8, 4) is 11.3 Å². The number of rotatable bonds is 2. The number of carbonyl (C=O) groups excluding carboxylic acids is 1. The summed E-state index contributed by atoms with van der Waals surface area (Å²) in [5.74, 6) is 0. The van der Waals surface area contributed by atoms with E-state index in [9.17, 15) is 4.79 Å². The van der Waals surface area contributed by atoms with Crippen LogP contribution < -0.4 is 0 Å². The lowest BCUT2D eigenvalue weighted by molar-refractivity contribution is 0.112. The van der Waals surface area contributed by atoms with Crippen LogP contribution in [0.1, 0.15) is 10.4 Å². The predicted octanol–water partition coefficient (Wildman–Crippen LogP) is 3.21. The van der Waals surface area contributed by atoms with Crippen molar-refractivity contribution in [2.45, 2.75) is 0 Å². The van der Waals surface area contributed by atoms with Crippen LogP contribution in [0.4, 0.5) is 0 Å². The van der Waals surface area contributed by atoms with Gasteiger partial charge >= 0.3 is 0 Å². The molecule has 74 valence electrons. The predicted molar refractivity (Wildman–Crippen MR) is 60.1 cm³/mol. The SMILES string of the molecule is O=Cc1ccc(-c2ccccc2Cl)nc1. The molecule has 15 heavy (non-hydrogen) atoms. The van der Waals surface area contributed by atoms with E-state index in [1.54, 1.807) is 12.1 Å². The van der Waals surface area contributed by atoms with Crippen molar-refractivity contribution in [2.75, 3.05) is 0 Å². The summed E-state index contributed by atoms with van der Waals surface area (Å²) in [5, 5.41) is 0.656. The lowest BCUT2D eigenvalue weighted by atomic mass is 10.1. The zero-order chi connectivity index (χ0) is 10.7. The van der Waals surface area contributed by atoms with Crippen molar-refractivity contribution in [1.29, 1.82) is 0 Å². The molecule has 0 bridgehead atoms. The van der Waals surface area contributed by atoms with Gasteiger partial charge in [0.1, 0.15) is 0 Å². The Bertz CT molecular complexity index is 479. The number of benzene rings is 1. The van der Waals surface area contributed by atoms with Gasteiger partial charge in [0.25, 0.3) is 0 Å². The maximum Gasteiger partial charge on any atom is 0.151 e. The van der Waals surface area contributed by atoms with Crippen LogP contribution in [0.5, 0.6) is 0 Å². The van der Waals surface area contributed by atoms with Gasteiger partial charge < -0.3 is 0 Å². The number of carbonyl (C=O) groups is 1. The second-order valence-electron chi connectivity index (χ2n) is 3.07. The molecule has 0 N–H and O–H groups in total. The summed E-state index contributed by atoms with van der Waals surface area (Å²) < 4.78 is 0. The highest BCUT2D eigenvalue weighted by Gasteiger charge is 2.03. The molecular weight excluding hydrogens is 210 g/mol. The number of hydrogen-bond acceptors (Lipinski definition) is 2. The van der Waals surface area contributed by atoms with Crippen LogP contribution in [-0.2, 0) is 0 Å². The summed E-state index contributed by atoms with van der Waals surface area (Å²) in [7, 11) is 0. The van der Waals surface area contributed by atoms with E-state index >= 15 is 0 Å². The van der Waals surface area contributed by atoms with Gasteiger partial charge in [0.15, 0.2) is 6.29 Å². The lowest BCUT2D eigenvalue weighted by Crippen LogP contribution is -1.86. The first kappa shape index (κ1) is 9.87. The Morgan fingerprint density at radius 3 is 2.53 bits per heavy atom. The maximum absolute atomic E-state index is 10.5. The van der Waals surface area contributed by atoms with Gasteiger partial charge in [-0.1, -0.05) is 29.8 Å². The van der Waals surface area contributed by atoms with E-state index in [2.05, 4.69) is 4.98 Å². The van der Waals surface area contributed by atoms with Gasteiger partial charge in [0.05, 0.1) is 5.69 Å². The third kappa shape index (κ3) is 2.05. The van der Waals surface area contributed by atoms with Crippen LogP contribution in [0.15, 0.2) is 42.6 Å². The molecule has 0 aliphatic rings. The molecule has 3 heteroatoms. The Morgan fingerprint density at radius 1 is 1.13 bits per heavy atom. The zero-order valence-electron chi connectivity index (χ0n) is 7.85. The third-order valence-corrected chi connectivity index (χ3v) is 2.40. The third-order valence-electron chi connectivity index (χ3n) is 2.07. The van der Waals surface area contributed by atoms with Gasteiger partial charge in [-0.05, 0) is 18.2 Å². The fourth-order valence-electron chi connectivity index (χ4n) is 1.30. The summed E-state index contributed by atoms with van der Waals surface area (Å²) in [4.78, 5) is 14.6. The standard InChI is InChI=1S/C12H8ClNO/c13-11-4-2-1-3-10(11)12-6-5-9(8-15)7-14-12/h1-8H. The Kier molecular flexibility index (Phi) is 2.79. The van der Waals surface area contributed by atoms with Crippen LogP contribution in [0, 0.1) is 0 Å². The van der Waals surface area contributed by atoms with E-state index in [0.717, 1.165) is 17.5 Å². The van der Waals surface area contributed by atoms with Crippen molar-refractivity contribution in [3.63, 3.8) is 0 Å². The molecule has 0 aliphatic carbocycles. The highest BCUT2D eigenvalue weighted by Crippen LogP contribution is 2.25. The van der Waals surface area contributed by atoms with Gasteiger partial charge in [-0.25, -0.2) is 0 Å². The molecule has 0 amide bonds. The van der Waals surface area contributed by atoms with Crippen LogP contribution >= 0.6 is 11.6 Å². The molecule has 0 radical (unpaired) electrons. The molecule has 0 atom stereocenters. The van der Waals surface area contributed by atoms with Crippen molar-refractivity contribution in [1.82, 2.24) is 4.98 Å². The average molecular weight is 218 g/mol. The lowest BCUT2D eigenvalue weighted by Gasteiger charge is -2.02. The molecule has 0 saturated carbocycles. The van der Waals surface area contributed by atoms with E-state index in [-0.39, 0.29) is 0 Å². The summed E-state index contributed by atoms with van der Waals surface area (Å²) in [6, 6.07) is 11.0. The first-order valence-corrected chi connectivity index (χ1v) is 4.85. The van der Waals surface area contributed by atoms with Crippen LogP contribution in [0.25, 0.3) is 11.3 Å². The molecule has 0 spiro atoms. The minimum Gasteiger partial charge on any atom is -0.298 e. The summed E-state index contributed by atoms with van der Waals surface area (Å²) >= 11 is 6.02. The van der Waals surface area contributed by atoms with Gasteiger partial charge in [-0.3, -0.25) is 9.78 Å². The Labute approximate surface area is 92.5 Å². The number of hydrogen-bond donors (Lipinski definition) is 0. The highest BCUT2D eigenvalue weighted by atomic mass is 35.5. The van der Waals surface area contributed by atoms with Gasteiger partial charge in [0, 0.05) is 22.3 Å². The van der Waals surface area contributed by atoms with E-state index in [4.69, 9.17) is 11.6 Å². The van der Waals surface area contributed by atoms with Gasteiger partial charge in [0.2, 0.25) is 0 Å². The second kappa shape index (κ2) is 4.24. The van der Waals surface area contributed by atoms with Crippen LogP contribution in [0.2, 0.25) is 5.02 Å². The minimum atomic E-state index is 0.561. The molecule has 2 aromatic rings. The zero-order valence-corrected chi connectivity index (χ0v) is 8.61. The molecule has 0 unspecified atom stereocenters. The molecule has 0 saturated heterocycles. The molecule has 0 fully saturated rings. The molecular formula is C12H8ClNO. The normalized spacial score (nSPS) is 9.93. The largest absolute Gasteiger partial charge is 0.298 e. The minimum absolute atomic E-state index is 0.561. The molecule has 1 heterocycles. The average Bonchev–Trinajstić information content (AvgIpc) is 2.30. The fraction of sp³-hybridized carbons (Fsp3) is 0. The number of aldehydes is 1. The molecule has 1 aromatic carbocycles. The Morgan fingerprint density at radius 2 is 1.93 bits per heavy atom. The van der Waals surface area contributed by atoms with Crippen LogP contribution in [-0.4, -0.2) is 11.3 Å². The van der Waals surface area contributed by atoms with E-state index < -0.39 is 0 Å². The van der Waals surface area contributed by atoms with Crippen LogP contribution in [0.3, 0.4) is 0 Å². The highest BCUT2D eigenvalue weighted by molar-refractivity contribution is 6.33. The number of pyridine rings is 1. The van der Waals surface area contributed by atoms with E-state index in [1.165, 1.54) is 6.20 Å². The first-order chi connectivity index (χ1) is 7.31. The van der Waals surface area contributed by atoms with E-state index in [0.29, 0.717) is 10.6 Å². The first-order valence-electron chi connectivity index (χ1n) is 4.47. The molecule has 1 aromatic heterocycles. The molecule has 2 rings (SSSR count). The molecule has 0 aliphatic heterocycles. The molecule has 2 nitrogen and oxygen atoms in total. The summed E-state index contributed by atoms with van der Waals surface area (Å²) in [6.45, 7) is 0. The van der Waals surface area contributed by atoms with Crippen molar-refractivity contribution in [2.24, 2.45) is 0 Å². The van der Waals surface area contributed by atoms with Gasteiger partial charge in [-0.2, -0.15) is 0 Å². The van der Waals surface area contributed by atoms with Crippen molar-refractivity contribution >= 4 is 17.9 Å².